The smallest absolute Gasteiger partial charge is 0.221 e. The van der Waals surface area contributed by atoms with Gasteiger partial charge in [0.05, 0.1) is 0 Å². The topological polar surface area (TPSA) is 54.0 Å². The van der Waals surface area contributed by atoms with Crippen molar-refractivity contribution in [2.24, 2.45) is 0 Å². The van der Waals surface area contributed by atoms with Crippen LogP contribution in [0.3, 0.4) is 0 Å². The molecule has 0 aliphatic heterocycles. The molecule has 4 nitrogen and oxygen atoms in total. The summed E-state index contributed by atoms with van der Waals surface area (Å²) in [5, 5.41) is 6.39. The molecule has 0 radical (unpaired) electrons. The fraction of sp³-hybridized carbons (Fsp3) is 0.647. The Hall–Kier alpha value is -1.42. The molecule has 1 unspecified atom stereocenters. The molecule has 4 heteroatoms. The van der Waals surface area contributed by atoms with Gasteiger partial charge in [0, 0.05) is 35.9 Å². The van der Waals surface area contributed by atoms with Crippen molar-refractivity contribution in [2.45, 2.75) is 66.5 Å². The maximum absolute atomic E-state index is 11.8. The first-order valence-electron chi connectivity index (χ1n) is 7.59. The highest BCUT2D eigenvalue weighted by atomic mass is 16.1. The molecule has 0 spiro atoms. The maximum Gasteiger partial charge on any atom is 0.221 e. The average Bonchev–Trinajstić information content (AvgIpc) is 2.24. The number of nitrogens with zero attached hydrogens (tertiary/aromatic N) is 1. The Kier molecular flexibility index (Phi) is 5.90. The molecular weight excluding hydrogens is 262 g/mol. The van der Waals surface area contributed by atoms with Crippen LogP contribution in [-0.2, 0) is 4.79 Å². The zero-order chi connectivity index (χ0) is 16.2. The van der Waals surface area contributed by atoms with E-state index in [1.165, 1.54) is 11.1 Å². The summed E-state index contributed by atoms with van der Waals surface area (Å²) in [5.74, 6) is 0.0812. The standard InChI is InChI=1S/C17H29N3O/c1-11-10-12(2)19-14(4)16(11)13(3)18-9-8-15(21)20-17(5,6)7/h10,13,18H,8-9H2,1-7H3,(H,20,21). The van der Waals surface area contributed by atoms with Gasteiger partial charge in [0.2, 0.25) is 5.91 Å². The van der Waals surface area contributed by atoms with Gasteiger partial charge in [-0.2, -0.15) is 0 Å². The average molecular weight is 291 g/mol. The van der Waals surface area contributed by atoms with Gasteiger partial charge in [-0.25, -0.2) is 0 Å². The molecule has 1 atom stereocenters. The second-order valence-electron chi connectivity index (χ2n) is 6.80. The van der Waals surface area contributed by atoms with Crippen molar-refractivity contribution >= 4 is 5.91 Å². The molecule has 1 heterocycles. The van der Waals surface area contributed by atoms with Gasteiger partial charge in [-0.15, -0.1) is 0 Å². The highest BCUT2D eigenvalue weighted by Crippen LogP contribution is 2.21. The van der Waals surface area contributed by atoms with Gasteiger partial charge in [-0.3, -0.25) is 9.78 Å². The minimum absolute atomic E-state index is 0.0812. The van der Waals surface area contributed by atoms with Gasteiger partial charge in [0.25, 0.3) is 0 Å². The van der Waals surface area contributed by atoms with Crippen LogP contribution in [-0.4, -0.2) is 23.0 Å². The van der Waals surface area contributed by atoms with Crippen molar-refractivity contribution in [1.29, 1.82) is 0 Å². The highest BCUT2D eigenvalue weighted by molar-refractivity contribution is 5.76. The van der Waals surface area contributed by atoms with E-state index in [1.807, 2.05) is 34.6 Å². The van der Waals surface area contributed by atoms with E-state index in [0.717, 1.165) is 11.4 Å². The molecule has 0 saturated carbocycles. The Bertz CT molecular complexity index is 480. The molecule has 1 aromatic rings. The number of carbonyl (C=O) groups excluding carboxylic acids is 1. The first-order chi connectivity index (χ1) is 9.60. The Labute approximate surface area is 128 Å². The monoisotopic (exact) mass is 291 g/mol. The summed E-state index contributed by atoms with van der Waals surface area (Å²) < 4.78 is 0. The van der Waals surface area contributed by atoms with Gasteiger partial charge < -0.3 is 10.6 Å². The number of hydrogen-bond donors (Lipinski definition) is 2. The summed E-state index contributed by atoms with van der Waals surface area (Å²) in [7, 11) is 0. The lowest BCUT2D eigenvalue weighted by molar-refractivity contribution is -0.122. The van der Waals surface area contributed by atoms with Gasteiger partial charge in [0.15, 0.2) is 0 Å². The van der Waals surface area contributed by atoms with E-state index in [0.29, 0.717) is 13.0 Å². The Balaban J connectivity index is 2.55. The summed E-state index contributed by atoms with van der Waals surface area (Å²) in [5.41, 5.74) is 4.42. The van der Waals surface area contributed by atoms with Crippen LogP contribution in [0.2, 0.25) is 0 Å². The van der Waals surface area contributed by atoms with Crippen LogP contribution in [0.25, 0.3) is 0 Å². The zero-order valence-corrected chi connectivity index (χ0v) is 14.4. The molecule has 0 fully saturated rings. The predicted octanol–water partition coefficient (Wildman–Crippen LogP) is 2.96. The van der Waals surface area contributed by atoms with Crippen LogP contribution in [0.5, 0.6) is 0 Å². The summed E-state index contributed by atoms with van der Waals surface area (Å²) in [4.78, 5) is 16.3. The van der Waals surface area contributed by atoms with Gasteiger partial charge >= 0.3 is 0 Å². The lowest BCUT2D eigenvalue weighted by Gasteiger charge is -2.22. The summed E-state index contributed by atoms with van der Waals surface area (Å²) >= 11 is 0. The van der Waals surface area contributed by atoms with Crippen molar-refractivity contribution in [3.63, 3.8) is 0 Å². The van der Waals surface area contributed by atoms with Gasteiger partial charge in [-0.1, -0.05) is 0 Å². The Morgan fingerprint density at radius 1 is 1.29 bits per heavy atom. The number of amides is 1. The molecule has 118 valence electrons. The summed E-state index contributed by atoms with van der Waals surface area (Å²) in [6, 6.07) is 2.30. The van der Waals surface area contributed by atoms with Crippen molar-refractivity contribution in [3.8, 4) is 0 Å². The van der Waals surface area contributed by atoms with Crippen molar-refractivity contribution in [1.82, 2.24) is 15.6 Å². The third-order valence-corrected chi connectivity index (χ3v) is 3.33. The molecule has 0 aliphatic carbocycles. The fourth-order valence-electron chi connectivity index (χ4n) is 2.67. The van der Waals surface area contributed by atoms with Crippen molar-refractivity contribution in [2.75, 3.05) is 6.54 Å². The molecule has 1 amide bonds. The van der Waals surface area contributed by atoms with Crippen LogP contribution in [0, 0.1) is 20.8 Å². The molecule has 0 aliphatic rings. The molecule has 0 aromatic carbocycles. The molecule has 1 aromatic heterocycles. The molecule has 21 heavy (non-hydrogen) atoms. The number of rotatable bonds is 5. The second-order valence-corrected chi connectivity index (χ2v) is 6.80. The van der Waals surface area contributed by atoms with E-state index in [4.69, 9.17) is 0 Å². The SMILES string of the molecule is Cc1cc(C)c(C(C)NCCC(=O)NC(C)(C)C)c(C)n1. The fourth-order valence-corrected chi connectivity index (χ4v) is 2.67. The first-order valence-corrected chi connectivity index (χ1v) is 7.59. The van der Waals surface area contributed by atoms with Crippen LogP contribution in [0.1, 0.15) is 62.7 Å². The number of aromatic nitrogens is 1. The molecule has 0 bridgehead atoms. The van der Waals surface area contributed by atoms with E-state index < -0.39 is 0 Å². The number of hydrogen-bond acceptors (Lipinski definition) is 3. The quantitative estimate of drug-likeness (QED) is 0.877. The number of aryl methyl sites for hydroxylation is 3. The lowest BCUT2D eigenvalue weighted by Crippen LogP contribution is -2.41. The number of nitrogens with one attached hydrogen (secondary N) is 2. The Morgan fingerprint density at radius 3 is 2.43 bits per heavy atom. The number of carbonyl (C=O) groups is 1. The van der Waals surface area contributed by atoms with E-state index in [-0.39, 0.29) is 17.5 Å². The van der Waals surface area contributed by atoms with Crippen LogP contribution in [0.15, 0.2) is 6.07 Å². The third kappa shape index (κ3) is 5.84. The first kappa shape index (κ1) is 17.6. The van der Waals surface area contributed by atoms with Crippen molar-refractivity contribution < 1.29 is 4.79 Å². The lowest BCUT2D eigenvalue weighted by atomic mass is 10.0. The van der Waals surface area contributed by atoms with Gasteiger partial charge in [0.1, 0.15) is 0 Å². The van der Waals surface area contributed by atoms with Crippen molar-refractivity contribution in [3.05, 3.63) is 28.6 Å². The Morgan fingerprint density at radius 2 is 1.90 bits per heavy atom. The minimum Gasteiger partial charge on any atom is -0.351 e. The third-order valence-electron chi connectivity index (χ3n) is 3.33. The van der Waals surface area contributed by atoms with Crippen LogP contribution < -0.4 is 10.6 Å². The second kappa shape index (κ2) is 7.03. The van der Waals surface area contributed by atoms with Crippen LogP contribution >= 0.6 is 0 Å². The number of pyridine rings is 1. The highest BCUT2D eigenvalue weighted by Gasteiger charge is 2.15. The maximum atomic E-state index is 11.8. The summed E-state index contributed by atoms with van der Waals surface area (Å²) in [6.45, 7) is 14.9. The molecule has 0 saturated heterocycles. The normalized spacial score (nSPS) is 13.1. The van der Waals surface area contributed by atoms with E-state index in [2.05, 4.69) is 35.5 Å². The van der Waals surface area contributed by atoms with E-state index in [9.17, 15) is 4.79 Å². The predicted molar refractivity (Wildman–Crippen MR) is 87.4 cm³/mol. The minimum atomic E-state index is -0.170. The van der Waals surface area contributed by atoms with E-state index >= 15 is 0 Å². The molecular formula is C17H29N3O. The van der Waals surface area contributed by atoms with E-state index in [1.54, 1.807) is 0 Å². The molecule has 1 rings (SSSR count). The van der Waals surface area contributed by atoms with Crippen LogP contribution in [0.4, 0.5) is 0 Å². The molecule has 2 N–H and O–H groups in total. The largest absolute Gasteiger partial charge is 0.351 e. The zero-order valence-electron chi connectivity index (χ0n) is 14.4. The van der Waals surface area contributed by atoms with Gasteiger partial charge in [-0.05, 0) is 65.7 Å². The summed E-state index contributed by atoms with van der Waals surface area (Å²) in [6.07, 6.45) is 0.485.